The van der Waals surface area contributed by atoms with E-state index >= 15 is 0 Å². The van der Waals surface area contributed by atoms with Crippen LogP contribution in [-0.2, 0) is 14.8 Å². The van der Waals surface area contributed by atoms with Crippen molar-refractivity contribution in [2.24, 2.45) is 5.92 Å². The Bertz CT molecular complexity index is 1040. The first-order valence-electron chi connectivity index (χ1n) is 8.62. The second kappa shape index (κ2) is 7.78. The maximum atomic E-state index is 12.6. The van der Waals surface area contributed by atoms with E-state index in [4.69, 9.17) is 4.42 Å². The molecule has 28 heavy (non-hydrogen) atoms. The van der Waals surface area contributed by atoms with Crippen LogP contribution in [0.5, 0.6) is 0 Å². The molecule has 0 aromatic carbocycles. The lowest BCUT2D eigenvalue weighted by Gasteiger charge is -2.29. The minimum absolute atomic E-state index is 0.0116. The maximum Gasteiger partial charge on any atom is 0.322 e. The van der Waals surface area contributed by atoms with Crippen molar-refractivity contribution in [2.45, 2.75) is 17.1 Å². The third-order valence-electron chi connectivity index (χ3n) is 4.48. The summed E-state index contributed by atoms with van der Waals surface area (Å²) in [6, 6.07) is 6.83. The molecule has 0 unspecified atom stereocenters. The second-order valence-corrected chi connectivity index (χ2v) is 9.37. The van der Waals surface area contributed by atoms with Crippen LogP contribution in [-0.4, -0.2) is 46.9 Å². The summed E-state index contributed by atoms with van der Waals surface area (Å²) in [5.74, 6) is -0.307. The maximum absolute atomic E-state index is 12.6. The van der Waals surface area contributed by atoms with Crippen LogP contribution in [0.25, 0.3) is 11.5 Å². The van der Waals surface area contributed by atoms with E-state index in [9.17, 15) is 13.2 Å². The summed E-state index contributed by atoms with van der Waals surface area (Å²) in [5, 5.41) is 12.1. The molecule has 0 aliphatic carbocycles. The third kappa shape index (κ3) is 3.81. The fourth-order valence-corrected chi connectivity index (χ4v) is 5.60. The first kappa shape index (κ1) is 18.7. The Morgan fingerprint density at radius 3 is 2.71 bits per heavy atom. The average Bonchev–Trinajstić information content (AvgIpc) is 3.41. The Hall–Kier alpha value is -2.63. The number of amides is 1. The van der Waals surface area contributed by atoms with Crippen LogP contribution in [0.3, 0.4) is 0 Å². The van der Waals surface area contributed by atoms with Gasteiger partial charge in [0.1, 0.15) is 4.21 Å². The number of rotatable bonds is 5. The molecule has 1 aliphatic heterocycles. The Balaban J connectivity index is 1.35. The Labute approximate surface area is 165 Å². The molecular weight excluding hydrogens is 402 g/mol. The van der Waals surface area contributed by atoms with Gasteiger partial charge in [0, 0.05) is 31.4 Å². The summed E-state index contributed by atoms with van der Waals surface area (Å²) in [6.45, 7) is 0.589. The van der Waals surface area contributed by atoms with Crippen molar-refractivity contribution in [1.29, 1.82) is 0 Å². The van der Waals surface area contributed by atoms with E-state index in [0.29, 0.717) is 35.7 Å². The van der Waals surface area contributed by atoms with Gasteiger partial charge in [-0.2, -0.15) is 4.31 Å². The van der Waals surface area contributed by atoms with Gasteiger partial charge < -0.3 is 4.42 Å². The lowest BCUT2D eigenvalue weighted by atomic mass is 9.97. The molecule has 1 saturated heterocycles. The van der Waals surface area contributed by atoms with Crippen LogP contribution >= 0.6 is 11.3 Å². The zero-order valence-electron chi connectivity index (χ0n) is 14.7. The van der Waals surface area contributed by atoms with Gasteiger partial charge >= 0.3 is 6.01 Å². The molecule has 4 heterocycles. The highest BCUT2D eigenvalue weighted by molar-refractivity contribution is 7.91. The Kier molecular flexibility index (Phi) is 5.20. The molecule has 1 aliphatic rings. The largest absolute Gasteiger partial charge is 0.403 e. The van der Waals surface area contributed by atoms with Crippen LogP contribution in [0, 0.1) is 5.92 Å². The van der Waals surface area contributed by atoms with Gasteiger partial charge in [-0.25, -0.2) is 8.42 Å². The summed E-state index contributed by atoms with van der Waals surface area (Å²) in [6.07, 6.45) is 4.08. The molecule has 1 N–H and O–H groups in total. The van der Waals surface area contributed by atoms with Gasteiger partial charge in [0.05, 0.1) is 5.56 Å². The standard InChI is InChI=1S/C17H17N5O4S2/c23-15(19-17-21-20-16(26-17)13-3-1-7-18-11-13)12-5-8-22(9-6-12)28(24,25)14-4-2-10-27-14/h1-4,7,10-12H,5-6,8-9H2,(H,19,21,23). The van der Waals surface area contributed by atoms with Gasteiger partial charge in [-0.05, 0) is 36.4 Å². The fraction of sp³-hybridized carbons (Fsp3) is 0.294. The number of hydrogen-bond donors (Lipinski definition) is 1. The summed E-state index contributed by atoms with van der Waals surface area (Å²) in [5.41, 5.74) is 0.655. The van der Waals surface area contributed by atoms with Crippen molar-refractivity contribution < 1.29 is 17.6 Å². The summed E-state index contributed by atoms with van der Waals surface area (Å²) < 4.78 is 32.3. The molecule has 0 saturated carbocycles. The van der Waals surface area contributed by atoms with E-state index in [1.807, 2.05) is 0 Å². The van der Waals surface area contributed by atoms with Crippen LogP contribution in [0.15, 0.2) is 50.7 Å². The number of sulfonamides is 1. The molecule has 0 atom stereocenters. The van der Waals surface area contributed by atoms with Crippen LogP contribution in [0.2, 0.25) is 0 Å². The SMILES string of the molecule is O=C(Nc1nnc(-c2cccnc2)o1)C1CCN(S(=O)(=O)c2cccs2)CC1. The molecule has 9 nitrogen and oxygen atoms in total. The molecule has 1 amide bonds. The van der Waals surface area contributed by atoms with Crippen LogP contribution in [0.4, 0.5) is 6.01 Å². The van der Waals surface area contributed by atoms with Crippen molar-refractivity contribution in [3.05, 3.63) is 42.0 Å². The van der Waals surface area contributed by atoms with E-state index < -0.39 is 10.0 Å². The van der Waals surface area contributed by atoms with Gasteiger partial charge in [0.2, 0.25) is 5.91 Å². The van der Waals surface area contributed by atoms with Gasteiger partial charge in [-0.1, -0.05) is 11.2 Å². The highest BCUT2D eigenvalue weighted by Crippen LogP contribution is 2.27. The zero-order valence-corrected chi connectivity index (χ0v) is 16.3. The lowest BCUT2D eigenvalue weighted by molar-refractivity contribution is -0.121. The number of nitrogens with one attached hydrogen (secondary N) is 1. The lowest BCUT2D eigenvalue weighted by Crippen LogP contribution is -2.41. The van der Waals surface area contributed by atoms with Gasteiger partial charge in [0.25, 0.3) is 15.9 Å². The molecule has 3 aromatic rings. The molecule has 0 radical (unpaired) electrons. The van der Waals surface area contributed by atoms with Crippen LogP contribution < -0.4 is 5.32 Å². The van der Waals surface area contributed by atoms with Crippen molar-refractivity contribution in [3.63, 3.8) is 0 Å². The molecule has 4 rings (SSSR count). The van der Waals surface area contributed by atoms with Crippen molar-refractivity contribution >= 4 is 33.3 Å². The highest BCUT2D eigenvalue weighted by atomic mass is 32.2. The number of piperidine rings is 1. The van der Waals surface area contributed by atoms with E-state index in [0.717, 1.165) is 0 Å². The molecule has 1 fully saturated rings. The molecule has 11 heteroatoms. The van der Waals surface area contributed by atoms with E-state index in [-0.39, 0.29) is 23.7 Å². The number of pyridine rings is 1. The number of hydrogen-bond acceptors (Lipinski definition) is 8. The molecule has 0 bridgehead atoms. The molecule has 0 spiro atoms. The normalized spacial score (nSPS) is 16.1. The number of carbonyl (C=O) groups is 1. The molecule has 146 valence electrons. The van der Waals surface area contributed by atoms with Crippen molar-refractivity contribution in [1.82, 2.24) is 19.5 Å². The minimum atomic E-state index is -3.48. The van der Waals surface area contributed by atoms with Crippen molar-refractivity contribution in [3.8, 4) is 11.5 Å². The second-order valence-electron chi connectivity index (χ2n) is 6.25. The summed E-state index contributed by atoms with van der Waals surface area (Å²) >= 11 is 1.19. The van der Waals surface area contributed by atoms with E-state index in [1.54, 1.807) is 42.0 Å². The Morgan fingerprint density at radius 1 is 1.21 bits per heavy atom. The topological polar surface area (TPSA) is 118 Å². The first-order valence-corrected chi connectivity index (χ1v) is 10.9. The van der Waals surface area contributed by atoms with Gasteiger partial charge in [0.15, 0.2) is 0 Å². The fourth-order valence-electron chi connectivity index (χ4n) is 2.98. The first-order chi connectivity index (χ1) is 13.5. The smallest absolute Gasteiger partial charge is 0.322 e. The molecule has 3 aromatic heterocycles. The highest BCUT2D eigenvalue weighted by Gasteiger charge is 2.33. The predicted octanol–water partition coefficient (Wildman–Crippen LogP) is 2.23. The van der Waals surface area contributed by atoms with E-state index in [2.05, 4.69) is 20.5 Å². The Morgan fingerprint density at radius 2 is 2.04 bits per heavy atom. The number of aromatic nitrogens is 3. The molecular formula is C17H17N5O4S2. The number of thiophene rings is 1. The quantitative estimate of drug-likeness (QED) is 0.674. The predicted molar refractivity (Wildman–Crippen MR) is 102 cm³/mol. The van der Waals surface area contributed by atoms with Gasteiger partial charge in [-0.3, -0.25) is 15.1 Å². The van der Waals surface area contributed by atoms with Gasteiger partial charge in [-0.15, -0.1) is 16.4 Å². The van der Waals surface area contributed by atoms with E-state index in [1.165, 1.54) is 15.6 Å². The minimum Gasteiger partial charge on any atom is -0.403 e. The van der Waals surface area contributed by atoms with Crippen molar-refractivity contribution in [2.75, 3.05) is 18.4 Å². The number of carbonyl (C=O) groups excluding carboxylic acids is 1. The van der Waals surface area contributed by atoms with Crippen LogP contribution in [0.1, 0.15) is 12.8 Å². The monoisotopic (exact) mass is 419 g/mol. The summed E-state index contributed by atoms with van der Waals surface area (Å²) in [4.78, 5) is 16.5. The zero-order chi connectivity index (χ0) is 19.6. The third-order valence-corrected chi connectivity index (χ3v) is 7.75. The number of nitrogens with zero attached hydrogens (tertiary/aromatic N) is 4. The number of anilines is 1. The summed E-state index contributed by atoms with van der Waals surface area (Å²) in [7, 11) is -3.48. The average molecular weight is 419 g/mol.